The molecule has 2 amide bonds. The highest BCUT2D eigenvalue weighted by atomic mass is 32.2. The first kappa shape index (κ1) is 24.0. The van der Waals surface area contributed by atoms with E-state index in [4.69, 9.17) is 0 Å². The fourth-order valence-electron chi connectivity index (χ4n) is 4.70. The van der Waals surface area contributed by atoms with Gasteiger partial charge >= 0.3 is 0 Å². The van der Waals surface area contributed by atoms with Gasteiger partial charge in [0.25, 0.3) is 11.8 Å². The molecule has 0 saturated carbocycles. The predicted octanol–water partition coefficient (Wildman–Crippen LogP) is 5.04. The Balaban J connectivity index is 1.47. The summed E-state index contributed by atoms with van der Waals surface area (Å²) in [7, 11) is 1.88. The predicted molar refractivity (Wildman–Crippen MR) is 137 cm³/mol. The first-order valence-electron chi connectivity index (χ1n) is 11.7. The van der Waals surface area contributed by atoms with Crippen molar-refractivity contribution in [3.05, 3.63) is 95.8 Å². The highest BCUT2D eigenvalue weighted by Gasteiger charge is 2.33. The minimum absolute atomic E-state index is 0.0371. The summed E-state index contributed by atoms with van der Waals surface area (Å²) in [6.07, 6.45) is 6.20. The Morgan fingerprint density at radius 2 is 1.68 bits per heavy atom. The van der Waals surface area contributed by atoms with Crippen molar-refractivity contribution in [2.75, 3.05) is 26.4 Å². The van der Waals surface area contributed by atoms with E-state index in [1.54, 1.807) is 24.0 Å². The molecule has 1 aliphatic heterocycles. The van der Waals surface area contributed by atoms with Gasteiger partial charge in [-0.25, -0.2) is 0 Å². The fraction of sp³-hybridized carbons (Fsp3) is 0.321. The number of pyridine rings is 1. The third-order valence-electron chi connectivity index (χ3n) is 6.70. The van der Waals surface area contributed by atoms with Crippen molar-refractivity contribution in [3.8, 4) is 0 Å². The molecule has 0 bridgehead atoms. The lowest BCUT2D eigenvalue weighted by Gasteiger charge is -2.40. The van der Waals surface area contributed by atoms with Crippen molar-refractivity contribution in [2.45, 2.75) is 30.2 Å². The first-order valence-corrected chi connectivity index (χ1v) is 12.9. The Kier molecular flexibility index (Phi) is 8.01. The Labute approximate surface area is 206 Å². The van der Waals surface area contributed by atoms with Gasteiger partial charge in [-0.15, -0.1) is 11.8 Å². The highest BCUT2D eigenvalue weighted by molar-refractivity contribution is 7.98. The molecule has 0 N–H and O–H groups in total. The van der Waals surface area contributed by atoms with Crippen LogP contribution in [0.3, 0.4) is 0 Å². The van der Waals surface area contributed by atoms with Gasteiger partial charge in [0, 0.05) is 42.8 Å². The molecular formula is C28H31N3O2S. The van der Waals surface area contributed by atoms with E-state index in [1.165, 1.54) is 5.56 Å². The largest absolute Gasteiger partial charge is 0.339 e. The number of likely N-dealkylation sites (tertiary alicyclic amines) is 1. The van der Waals surface area contributed by atoms with E-state index in [9.17, 15) is 9.59 Å². The van der Waals surface area contributed by atoms with Gasteiger partial charge in [-0.2, -0.15) is 0 Å². The summed E-state index contributed by atoms with van der Waals surface area (Å²) in [5.74, 6) is 0.332. The van der Waals surface area contributed by atoms with Crippen LogP contribution in [-0.4, -0.2) is 59.0 Å². The molecule has 1 aliphatic rings. The van der Waals surface area contributed by atoms with Gasteiger partial charge in [0.2, 0.25) is 0 Å². The van der Waals surface area contributed by atoms with Gasteiger partial charge in [-0.3, -0.25) is 14.6 Å². The van der Waals surface area contributed by atoms with Crippen LogP contribution in [0, 0.1) is 5.92 Å². The Morgan fingerprint density at radius 1 is 1.00 bits per heavy atom. The summed E-state index contributed by atoms with van der Waals surface area (Å²) in [5, 5.41) is 0. The third-order valence-corrected chi connectivity index (χ3v) is 7.44. The molecular weight excluding hydrogens is 442 g/mol. The zero-order chi connectivity index (χ0) is 23.9. The van der Waals surface area contributed by atoms with Crippen LogP contribution in [0.4, 0.5) is 0 Å². The normalized spacial score (nSPS) is 15.1. The molecule has 34 heavy (non-hydrogen) atoms. The van der Waals surface area contributed by atoms with Gasteiger partial charge < -0.3 is 9.80 Å². The fourth-order valence-corrected chi connectivity index (χ4v) is 5.11. The summed E-state index contributed by atoms with van der Waals surface area (Å²) >= 11 is 1.67. The highest BCUT2D eigenvalue weighted by Crippen LogP contribution is 2.28. The van der Waals surface area contributed by atoms with E-state index in [0.29, 0.717) is 24.7 Å². The molecule has 176 valence electrons. The van der Waals surface area contributed by atoms with Crippen LogP contribution in [-0.2, 0) is 6.42 Å². The number of aromatic nitrogens is 1. The number of hydrogen-bond donors (Lipinski definition) is 0. The molecule has 0 radical (unpaired) electrons. The molecule has 4 rings (SSSR count). The zero-order valence-corrected chi connectivity index (χ0v) is 20.6. The summed E-state index contributed by atoms with van der Waals surface area (Å²) < 4.78 is 0. The number of benzene rings is 2. The second-order valence-electron chi connectivity index (χ2n) is 8.75. The minimum Gasteiger partial charge on any atom is -0.339 e. The number of carbonyl (C=O) groups is 2. The summed E-state index contributed by atoms with van der Waals surface area (Å²) in [4.78, 5) is 35.5. The first-order chi connectivity index (χ1) is 16.6. The maximum absolute atomic E-state index is 13.2. The third kappa shape index (κ3) is 5.68. The van der Waals surface area contributed by atoms with Gasteiger partial charge in [0.05, 0.1) is 0 Å². The molecule has 6 heteroatoms. The van der Waals surface area contributed by atoms with Crippen molar-refractivity contribution >= 4 is 23.6 Å². The smallest absolute Gasteiger partial charge is 0.272 e. The van der Waals surface area contributed by atoms with Crippen LogP contribution in [0.25, 0.3) is 0 Å². The van der Waals surface area contributed by atoms with E-state index >= 15 is 0 Å². The number of rotatable bonds is 7. The Bertz CT molecular complexity index is 1080. The van der Waals surface area contributed by atoms with Gasteiger partial charge in [-0.05, 0) is 73.4 Å². The average Bonchev–Trinajstić information content (AvgIpc) is 2.92. The Hall–Kier alpha value is -3.12. The molecule has 1 aromatic heterocycles. The molecule has 1 saturated heterocycles. The lowest BCUT2D eigenvalue weighted by Crippen LogP contribution is -2.48. The number of thioether (sulfide) groups is 1. The molecule has 5 nitrogen and oxygen atoms in total. The van der Waals surface area contributed by atoms with Crippen molar-refractivity contribution in [1.29, 1.82) is 0 Å². The quantitative estimate of drug-likeness (QED) is 0.451. The summed E-state index contributed by atoms with van der Waals surface area (Å²) in [6.45, 7) is 1.40. The van der Waals surface area contributed by atoms with E-state index in [1.807, 2.05) is 77.7 Å². The number of likely N-dealkylation sites (N-methyl/N-ethyl adjacent to an activating group) is 1. The second-order valence-corrected chi connectivity index (χ2v) is 9.63. The topological polar surface area (TPSA) is 53.5 Å². The minimum atomic E-state index is -0.0612. The van der Waals surface area contributed by atoms with Crippen LogP contribution in [0.5, 0.6) is 0 Å². The van der Waals surface area contributed by atoms with E-state index in [0.717, 1.165) is 29.7 Å². The molecule has 0 aliphatic carbocycles. The van der Waals surface area contributed by atoms with Crippen molar-refractivity contribution in [1.82, 2.24) is 14.8 Å². The number of amides is 2. The van der Waals surface area contributed by atoms with Crippen molar-refractivity contribution in [3.63, 3.8) is 0 Å². The van der Waals surface area contributed by atoms with E-state index in [-0.39, 0.29) is 17.9 Å². The SMILES string of the molecule is CSc1ccc(C(=O)N2CCC([C@H](Cc3ccccc3)N(C)C(=O)c3ccccn3)CC2)cc1. The van der Waals surface area contributed by atoms with Crippen LogP contribution in [0.15, 0.2) is 83.9 Å². The van der Waals surface area contributed by atoms with Crippen LogP contribution < -0.4 is 0 Å². The molecule has 3 aromatic rings. The molecule has 1 fully saturated rings. The molecule has 2 heterocycles. The summed E-state index contributed by atoms with van der Waals surface area (Å²) in [5.41, 5.74) is 2.41. The van der Waals surface area contributed by atoms with E-state index < -0.39 is 0 Å². The van der Waals surface area contributed by atoms with Crippen LogP contribution in [0.1, 0.15) is 39.3 Å². The monoisotopic (exact) mass is 473 g/mol. The van der Waals surface area contributed by atoms with Crippen molar-refractivity contribution < 1.29 is 9.59 Å². The molecule has 2 aromatic carbocycles. The summed E-state index contributed by atoms with van der Waals surface area (Å²) in [6, 6.07) is 23.6. The lowest BCUT2D eigenvalue weighted by molar-refractivity contribution is 0.0519. The van der Waals surface area contributed by atoms with Gasteiger partial charge in [-0.1, -0.05) is 36.4 Å². The van der Waals surface area contributed by atoms with E-state index in [2.05, 4.69) is 17.1 Å². The second kappa shape index (κ2) is 11.3. The number of carbonyl (C=O) groups excluding carboxylic acids is 2. The standard InChI is InChI=1S/C28H31N3O2S/c1-30(28(33)25-10-6-7-17-29-25)26(20-21-8-4-3-5-9-21)22-15-18-31(19-16-22)27(32)23-11-13-24(34-2)14-12-23/h3-14,17,22,26H,15-16,18-20H2,1-2H3/t26-/m0/s1. The number of piperidine rings is 1. The van der Waals surface area contributed by atoms with Crippen LogP contribution in [0.2, 0.25) is 0 Å². The number of hydrogen-bond acceptors (Lipinski definition) is 4. The molecule has 0 unspecified atom stereocenters. The number of nitrogens with zero attached hydrogens (tertiary/aromatic N) is 3. The lowest BCUT2D eigenvalue weighted by atomic mass is 9.84. The van der Waals surface area contributed by atoms with Gasteiger partial charge in [0.15, 0.2) is 0 Å². The average molecular weight is 474 g/mol. The maximum Gasteiger partial charge on any atom is 0.272 e. The van der Waals surface area contributed by atoms with Crippen LogP contribution >= 0.6 is 11.8 Å². The van der Waals surface area contributed by atoms with Gasteiger partial charge in [0.1, 0.15) is 5.69 Å². The molecule has 1 atom stereocenters. The molecule has 0 spiro atoms. The zero-order valence-electron chi connectivity index (χ0n) is 19.8. The maximum atomic E-state index is 13.2. The Morgan fingerprint density at radius 3 is 2.29 bits per heavy atom. The van der Waals surface area contributed by atoms with Crippen molar-refractivity contribution in [2.24, 2.45) is 5.92 Å².